The van der Waals surface area contributed by atoms with Crippen LogP contribution in [0.15, 0.2) is 0 Å². The molecular formula is C14H25NO5. The van der Waals surface area contributed by atoms with Crippen LogP contribution in [-0.4, -0.2) is 48.9 Å². The first-order valence-electron chi connectivity index (χ1n) is 7.20. The van der Waals surface area contributed by atoms with E-state index in [0.717, 1.165) is 12.8 Å². The fourth-order valence-corrected chi connectivity index (χ4v) is 2.38. The van der Waals surface area contributed by atoms with Crippen molar-refractivity contribution in [1.29, 1.82) is 0 Å². The average Bonchev–Trinajstić information content (AvgIpc) is 2.41. The summed E-state index contributed by atoms with van der Waals surface area (Å²) < 4.78 is 10.2. The van der Waals surface area contributed by atoms with Crippen molar-refractivity contribution in [1.82, 2.24) is 5.32 Å². The van der Waals surface area contributed by atoms with Gasteiger partial charge in [-0.25, -0.2) is 4.79 Å². The van der Waals surface area contributed by atoms with Gasteiger partial charge in [0.2, 0.25) is 5.91 Å². The molecule has 1 amide bonds. The van der Waals surface area contributed by atoms with E-state index in [1.54, 1.807) is 0 Å². The Morgan fingerprint density at radius 2 is 1.85 bits per heavy atom. The molecule has 1 fully saturated rings. The first kappa shape index (κ1) is 16.9. The van der Waals surface area contributed by atoms with Crippen molar-refractivity contribution in [3.05, 3.63) is 0 Å². The number of amides is 1. The van der Waals surface area contributed by atoms with Crippen molar-refractivity contribution in [3.63, 3.8) is 0 Å². The third kappa shape index (κ3) is 5.09. The van der Waals surface area contributed by atoms with Gasteiger partial charge in [0, 0.05) is 6.61 Å². The van der Waals surface area contributed by atoms with Gasteiger partial charge < -0.3 is 19.9 Å². The summed E-state index contributed by atoms with van der Waals surface area (Å²) >= 11 is 0. The number of aliphatic carboxylic acids is 1. The second-order valence-electron chi connectivity index (χ2n) is 5.37. The topological polar surface area (TPSA) is 84.9 Å². The number of nitrogens with one attached hydrogen (secondary N) is 1. The molecular weight excluding hydrogens is 262 g/mol. The first-order chi connectivity index (χ1) is 9.50. The Morgan fingerprint density at radius 1 is 1.25 bits per heavy atom. The molecule has 0 heterocycles. The third-order valence-corrected chi connectivity index (χ3v) is 3.73. The molecule has 1 aliphatic rings. The van der Waals surface area contributed by atoms with Crippen molar-refractivity contribution < 1.29 is 24.2 Å². The predicted molar refractivity (Wildman–Crippen MR) is 73.5 cm³/mol. The molecule has 0 aromatic carbocycles. The Balaban J connectivity index is 2.38. The maximum atomic E-state index is 11.8. The lowest BCUT2D eigenvalue weighted by molar-refractivity contribution is -0.150. The summed E-state index contributed by atoms with van der Waals surface area (Å²) in [5.41, 5.74) is -1.12. The van der Waals surface area contributed by atoms with Gasteiger partial charge in [-0.1, -0.05) is 6.92 Å². The molecule has 1 rings (SSSR count). The molecule has 2 N–H and O–H groups in total. The fraction of sp³-hybridized carbons (Fsp3) is 0.857. The number of rotatable bonds is 8. The van der Waals surface area contributed by atoms with E-state index < -0.39 is 11.5 Å². The summed E-state index contributed by atoms with van der Waals surface area (Å²) in [5, 5.41) is 12.0. The minimum atomic E-state index is -1.12. The van der Waals surface area contributed by atoms with Crippen LogP contribution in [0, 0.1) is 5.92 Å². The predicted octanol–water partition coefficient (Wildman–Crippen LogP) is 1.19. The van der Waals surface area contributed by atoms with Gasteiger partial charge in [-0.15, -0.1) is 0 Å². The zero-order valence-corrected chi connectivity index (χ0v) is 12.3. The summed E-state index contributed by atoms with van der Waals surface area (Å²) in [4.78, 5) is 23.3. The van der Waals surface area contributed by atoms with Gasteiger partial charge in [0.25, 0.3) is 0 Å². The first-order valence-corrected chi connectivity index (χ1v) is 7.20. The van der Waals surface area contributed by atoms with E-state index in [4.69, 9.17) is 9.47 Å². The molecule has 0 saturated heterocycles. The minimum absolute atomic E-state index is 0.127. The van der Waals surface area contributed by atoms with E-state index in [-0.39, 0.29) is 12.5 Å². The maximum Gasteiger partial charge on any atom is 0.329 e. The monoisotopic (exact) mass is 287 g/mol. The molecule has 0 aromatic rings. The van der Waals surface area contributed by atoms with Crippen LogP contribution < -0.4 is 5.32 Å². The largest absolute Gasteiger partial charge is 0.480 e. The summed E-state index contributed by atoms with van der Waals surface area (Å²) in [5.74, 6) is -0.813. The van der Waals surface area contributed by atoms with Gasteiger partial charge in [0.15, 0.2) is 0 Å². The Labute approximate surface area is 119 Å². The van der Waals surface area contributed by atoms with Crippen LogP contribution in [0.1, 0.15) is 39.5 Å². The highest BCUT2D eigenvalue weighted by Gasteiger charge is 2.42. The number of hydrogen-bond donors (Lipinski definition) is 2. The summed E-state index contributed by atoms with van der Waals surface area (Å²) in [7, 11) is 0. The van der Waals surface area contributed by atoms with Crippen LogP contribution in [0.2, 0.25) is 0 Å². The summed E-state index contributed by atoms with van der Waals surface area (Å²) in [6.45, 7) is 5.23. The van der Waals surface area contributed by atoms with Gasteiger partial charge >= 0.3 is 5.97 Å². The number of carbonyl (C=O) groups excluding carboxylic acids is 1. The Bertz CT molecular complexity index is 324. The second-order valence-corrected chi connectivity index (χ2v) is 5.37. The van der Waals surface area contributed by atoms with E-state index in [0.29, 0.717) is 38.6 Å². The molecule has 0 aromatic heterocycles. The van der Waals surface area contributed by atoms with Crippen LogP contribution >= 0.6 is 0 Å². The highest BCUT2D eigenvalue weighted by molar-refractivity contribution is 5.87. The van der Waals surface area contributed by atoms with Gasteiger partial charge in [-0.05, 0) is 38.5 Å². The Kier molecular flexibility index (Phi) is 6.95. The van der Waals surface area contributed by atoms with E-state index in [1.165, 1.54) is 0 Å². The number of carbonyl (C=O) groups is 2. The fourth-order valence-electron chi connectivity index (χ4n) is 2.38. The number of carboxylic acid groups (broad SMARTS) is 1. The molecule has 1 saturated carbocycles. The SMILES string of the molecule is CCOCCOCC(=O)NC1(C(=O)O)CCC(C)CC1. The van der Waals surface area contributed by atoms with Crippen LogP contribution in [0.25, 0.3) is 0 Å². The smallest absolute Gasteiger partial charge is 0.329 e. The molecule has 0 spiro atoms. The van der Waals surface area contributed by atoms with Gasteiger partial charge in [0.1, 0.15) is 12.1 Å². The van der Waals surface area contributed by atoms with E-state index >= 15 is 0 Å². The highest BCUT2D eigenvalue weighted by Crippen LogP contribution is 2.32. The number of carboxylic acids is 1. The molecule has 6 nitrogen and oxygen atoms in total. The van der Waals surface area contributed by atoms with Crippen molar-refractivity contribution in [3.8, 4) is 0 Å². The molecule has 0 radical (unpaired) electrons. The van der Waals surface area contributed by atoms with Crippen molar-refractivity contribution in [2.75, 3.05) is 26.4 Å². The van der Waals surface area contributed by atoms with E-state index in [2.05, 4.69) is 12.2 Å². The molecule has 0 aliphatic heterocycles. The van der Waals surface area contributed by atoms with Crippen LogP contribution in [-0.2, 0) is 19.1 Å². The lowest BCUT2D eigenvalue weighted by Crippen LogP contribution is -2.57. The molecule has 0 unspecified atom stereocenters. The van der Waals surface area contributed by atoms with Gasteiger partial charge in [-0.3, -0.25) is 4.79 Å². The summed E-state index contributed by atoms with van der Waals surface area (Å²) in [6.07, 6.45) is 2.60. The molecule has 1 aliphatic carbocycles. The third-order valence-electron chi connectivity index (χ3n) is 3.73. The zero-order valence-electron chi connectivity index (χ0n) is 12.3. The van der Waals surface area contributed by atoms with Crippen LogP contribution in [0.4, 0.5) is 0 Å². The standard InChI is InChI=1S/C14H25NO5/c1-3-19-8-9-20-10-12(16)15-14(13(17)18)6-4-11(2)5-7-14/h11H,3-10H2,1-2H3,(H,15,16)(H,17,18). The molecule has 6 heteroatoms. The molecule has 0 bridgehead atoms. The van der Waals surface area contributed by atoms with Crippen molar-refractivity contribution in [2.24, 2.45) is 5.92 Å². The Hall–Kier alpha value is -1.14. The normalized spacial score (nSPS) is 26.2. The van der Waals surface area contributed by atoms with Crippen LogP contribution in [0.3, 0.4) is 0 Å². The molecule has 20 heavy (non-hydrogen) atoms. The second kappa shape index (κ2) is 8.21. The van der Waals surface area contributed by atoms with Gasteiger partial charge in [-0.2, -0.15) is 0 Å². The van der Waals surface area contributed by atoms with E-state index in [9.17, 15) is 14.7 Å². The number of ether oxygens (including phenoxy) is 2. The van der Waals surface area contributed by atoms with Crippen molar-refractivity contribution >= 4 is 11.9 Å². The lowest BCUT2D eigenvalue weighted by atomic mass is 9.77. The van der Waals surface area contributed by atoms with Gasteiger partial charge in [0.05, 0.1) is 13.2 Å². The molecule has 0 atom stereocenters. The van der Waals surface area contributed by atoms with E-state index in [1.807, 2.05) is 6.92 Å². The lowest BCUT2D eigenvalue weighted by Gasteiger charge is -2.36. The highest BCUT2D eigenvalue weighted by atomic mass is 16.5. The maximum absolute atomic E-state index is 11.8. The average molecular weight is 287 g/mol. The summed E-state index contributed by atoms with van der Waals surface area (Å²) in [6, 6.07) is 0. The Morgan fingerprint density at radius 3 is 2.40 bits per heavy atom. The minimum Gasteiger partial charge on any atom is -0.480 e. The zero-order chi connectivity index (χ0) is 15.0. The van der Waals surface area contributed by atoms with Crippen molar-refractivity contribution in [2.45, 2.75) is 45.1 Å². The molecule has 116 valence electrons. The quantitative estimate of drug-likeness (QED) is 0.655. The van der Waals surface area contributed by atoms with Crippen LogP contribution in [0.5, 0.6) is 0 Å². The number of hydrogen-bond acceptors (Lipinski definition) is 4.